The maximum Gasteiger partial charge on any atom is 0.356 e. The fourth-order valence-electron chi connectivity index (χ4n) is 2.21. The van der Waals surface area contributed by atoms with Gasteiger partial charge in [-0.15, -0.1) is 10.2 Å². The fourth-order valence-corrected chi connectivity index (χ4v) is 2.21. The Balaban J connectivity index is 1.76. The van der Waals surface area contributed by atoms with E-state index in [1.807, 2.05) is 0 Å². The van der Waals surface area contributed by atoms with Gasteiger partial charge in [0.2, 0.25) is 5.91 Å². The Morgan fingerprint density at radius 2 is 2.14 bits per heavy atom. The number of nitrogens with zero attached hydrogens (tertiary/aromatic N) is 3. The largest absolute Gasteiger partial charge is 0.476 e. The number of amides is 1. The molecule has 1 aromatic rings. The van der Waals surface area contributed by atoms with Crippen LogP contribution in [0.5, 0.6) is 0 Å². The fraction of sp³-hybridized carbons (Fsp3) is 0.538. The second kappa shape index (κ2) is 5.65. The van der Waals surface area contributed by atoms with Gasteiger partial charge in [-0.2, -0.15) is 0 Å². The molecule has 1 atom stereocenters. The topological polar surface area (TPSA) is 105 Å². The second-order valence-corrected chi connectivity index (χ2v) is 5.15. The molecule has 112 valence electrons. The SMILES string of the molecule is O=C(O)c1ccc(N2CCOCC2C(=O)NC2CC2)nn1. The lowest BCUT2D eigenvalue weighted by atomic mass is 10.2. The number of carboxylic acids is 1. The summed E-state index contributed by atoms with van der Waals surface area (Å²) in [5.74, 6) is -0.723. The molecule has 2 fully saturated rings. The summed E-state index contributed by atoms with van der Waals surface area (Å²) in [7, 11) is 0. The van der Waals surface area contributed by atoms with Crippen molar-refractivity contribution in [2.75, 3.05) is 24.7 Å². The summed E-state index contributed by atoms with van der Waals surface area (Å²) in [5, 5.41) is 19.3. The lowest BCUT2D eigenvalue weighted by molar-refractivity contribution is -0.124. The van der Waals surface area contributed by atoms with Crippen LogP contribution >= 0.6 is 0 Å². The minimum atomic E-state index is -1.13. The second-order valence-electron chi connectivity index (χ2n) is 5.15. The van der Waals surface area contributed by atoms with Gasteiger partial charge in [0.15, 0.2) is 11.5 Å². The van der Waals surface area contributed by atoms with Crippen LogP contribution in [0.15, 0.2) is 12.1 Å². The number of aromatic carboxylic acids is 1. The van der Waals surface area contributed by atoms with E-state index in [2.05, 4.69) is 15.5 Å². The van der Waals surface area contributed by atoms with Crippen molar-refractivity contribution in [3.63, 3.8) is 0 Å². The molecule has 21 heavy (non-hydrogen) atoms. The monoisotopic (exact) mass is 292 g/mol. The molecule has 1 aromatic heterocycles. The zero-order chi connectivity index (χ0) is 14.8. The zero-order valence-corrected chi connectivity index (χ0v) is 11.4. The Morgan fingerprint density at radius 3 is 2.76 bits per heavy atom. The van der Waals surface area contributed by atoms with Crippen molar-refractivity contribution in [1.29, 1.82) is 0 Å². The number of carboxylic acid groups (broad SMARTS) is 1. The van der Waals surface area contributed by atoms with Crippen LogP contribution in [0.25, 0.3) is 0 Å². The highest BCUT2D eigenvalue weighted by Crippen LogP contribution is 2.21. The van der Waals surface area contributed by atoms with Crippen molar-refractivity contribution in [2.24, 2.45) is 0 Å². The van der Waals surface area contributed by atoms with Crippen molar-refractivity contribution < 1.29 is 19.4 Å². The highest BCUT2D eigenvalue weighted by molar-refractivity contribution is 5.86. The predicted octanol–water partition coefficient (Wildman–Crippen LogP) is -0.341. The summed E-state index contributed by atoms with van der Waals surface area (Å²) in [6.07, 6.45) is 2.04. The normalized spacial score (nSPS) is 21.9. The molecule has 2 aliphatic rings. The number of anilines is 1. The lowest BCUT2D eigenvalue weighted by Gasteiger charge is -2.35. The highest BCUT2D eigenvalue weighted by atomic mass is 16.5. The first-order valence-electron chi connectivity index (χ1n) is 6.87. The summed E-state index contributed by atoms with van der Waals surface area (Å²) in [5.41, 5.74) is -0.119. The average Bonchev–Trinajstić information content (AvgIpc) is 3.31. The van der Waals surface area contributed by atoms with Crippen LogP contribution in [0.2, 0.25) is 0 Å². The van der Waals surface area contributed by atoms with E-state index in [1.54, 1.807) is 11.0 Å². The molecule has 8 heteroatoms. The first kappa shape index (κ1) is 13.7. The van der Waals surface area contributed by atoms with E-state index in [1.165, 1.54) is 6.07 Å². The smallest absolute Gasteiger partial charge is 0.356 e. The number of morpholine rings is 1. The van der Waals surface area contributed by atoms with E-state index >= 15 is 0 Å². The van der Waals surface area contributed by atoms with Gasteiger partial charge < -0.3 is 20.1 Å². The number of carbonyl (C=O) groups excluding carboxylic acids is 1. The van der Waals surface area contributed by atoms with Crippen LogP contribution in [-0.2, 0) is 9.53 Å². The number of hydrogen-bond acceptors (Lipinski definition) is 6. The predicted molar refractivity (Wildman–Crippen MR) is 72.1 cm³/mol. The number of hydrogen-bond donors (Lipinski definition) is 2. The van der Waals surface area contributed by atoms with Gasteiger partial charge in [-0.25, -0.2) is 4.79 Å². The molecule has 1 amide bonds. The van der Waals surface area contributed by atoms with Crippen molar-refractivity contribution in [1.82, 2.24) is 15.5 Å². The molecule has 0 spiro atoms. The van der Waals surface area contributed by atoms with Crippen LogP contribution < -0.4 is 10.2 Å². The van der Waals surface area contributed by atoms with E-state index in [-0.39, 0.29) is 17.6 Å². The van der Waals surface area contributed by atoms with Crippen molar-refractivity contribution >= 4 is 17.7 Å². The summed E-state index contributed by atoms with van der Waals surface area (Å²) in [6.45, 7) is 1.31. The number of nitrogens with one attached hydrogen (secondary N) is 1. The Kier molecular flexibility index (Phi) is 3.70. The van der Waals surface area contributed by atoms with E-state index in [0.717, 1.165) is 12.8 Å². The molecule has 1 saturated heterocycles. The molecule has 0 bridgehead atoms. The molecule has 8 nitrogen and oxygen atoms in total. The third-order valence-electron chi connectivity index (χ3n) is 3.52. The number of aromatic nitrogens is 2. The molecule has 0 aromatic carbocycles. The van der Waals surface area contributed by atoms with Gasteiger partial charge in [0.05, 0.1) is 13.2 Å². The Morgan fingerprint density at radius 1 is 1.33 bits per heavy atom. The Labute approximate surface area is 121 Å². The Bertz CT molecular complexity index is 544. The van der Waals surface area contributed by atoms with Gasteiger partial charge in [-0.1, -0.05) is 0 Å². The molecule has 3 rings (SSSR count). The highest BCUT2D eigenvalue weighted by Gasteiger charge is 2.34. The molecule has 1 unspecified atom stereocenters. The van der Waals surface area contributed by atoms with Crippen LogP contribution in [-0.4, -0.2) is 59.0 Å². The van der Waals surface area contributed by atoms with E-state index < -0.39 is 12.0 Å². The molecular formula is C13H16N4O4. The van der Waals surface area contributed by atoms with Gasteiger partial charge in [-0.05, 0) is 25.0 Å². The standard InChI is InChI=1S/C13H16N4O4/c18-12(14-8-1-2-8)10-7-21-6-5-17(10)11-4-3-9(13(19)20)15-16-11/h3-4,8,10H,1-2,5-7H2,(H,14,18)(H,19,20). The summed E-state index contributed by atoms with van der Waals surface area (Å²) in [4.78, 5) is 24.8. The molecule has 1 aliphatic heterocycles. The molecule has 0 radical (unpaired) electrons. The number of ether oxygens (including phenoxy) is 1. The lowest BCUT2D eigenvalue weighted by Crippen LogP contribution is -2.54. The maximum atomic E-state index is 12.2. The minimum absolute atomic E-state index is 0.0821. The maximum absolute atomic E-state index is 12.2. The molecular weight excluding hydrogens is 276 g/mol. The van der Waals surface area contributed by atoms with Crippen LogP contribution in [0.4, 0.5) is 5.82 Å². The molecule has 2 N–H and O–H groups in total. The summed E-state index contributed by atoms with van der Waals surface area (Å²) >= 11 is 0. The first-order valence-corrected chi connectivity index (χ1v) is 6.87. The molecule has 2 heterocycles. The summed E-state index contributed by atoms with van der Waals surface area (Å²) < 4.78 is 5.37. The van der Waals surface area contributed by atoms with Gasteiger partial charge in [-0.3, -0.25) is 4.79 Å². The number of carbonyl (C=O) groups is 2. The average molecular weight is 292 g/mol. The van der Waals surface area contributed by atoms with Gasteiger partial charge in [0, 0.05) is 12.6 Å². The van der Waals surface area contributed by atoms with Crippen molar-refractivity contribution in [2.45, 2.75) is 24.9 Å². The van der Waals surface area contributed by atoms with Gasteiger partial charge >= 0.3 is 5.97 Å². The third kappa shape index (κ3) is 3.10. The van der Waals surface area contributed by atoms with Crippen LogP contribution in [0.1, 0.15) is 23.3 Å². The van der Waals surface area contributed by atoms with Gasteiger partial charge in [0.1, 0.15) is 6.04 Å². The van der Waals surface area contributed by atoms with Gasteiger partial charge in [0.25, 0.3) is 0 Å². The quantitative estimate of drug-likeness (QED) is 0.782. The van der Waals surface area contributed by atoms with Crippen molar-refractivity contribution in [3.05, 3.63) is 17.8 Å². The van der Waals surface area contributed by atoms with E-state index in [9.17, 15) is 9.59 Å². The van der Waals surface area contributed by atoms with Crippen LogP contribution in [0, 0.1) is 0 Å². The van der Waals surface area contributed by atoms with E-state index in [4.69, 9.17) is 9.84 Å². The van der Waals surface area contributed by atoms with Crippen molar-refractivity contribution in [3.8, 4) is 0 Å². The van der Waals surface area contributed by atoms with E-state index in [0.29, 0.717) is 25.6 Å². The van der Waals surface area contributed by atoms with Crippen LogP contribution in [0.3, 0.4) is 0 Å². The number of rotatable bonds is 4. The third-order valence-corrected chi connectivity index (χ3v) is 3.52. The first-order chi connectivity index (χ1) is 10.1. The Hall–Kier alpha value is -2.22. The summed E-state index contributed by atoms with van der Waals surface area (Å²) in [6, 6.07) is 2.78. The molecule has 1 saturated carbocycles. The zero-order valence-electron chi connectivity index (χ0n) is 11.4. The minimum Gasteiger partial charge on any atom is -0.476 e. The molecule has 1 aliphatic carbocycles.